The summed E-state index contributed by atoms with van der Waals surface area (Å²) in [7, 11) is 0. The lowest BCUT2D eigenvalue weighted by Gasteiger charge is -2.09. The molecule has 0 spiro atoms. The number of nitrogens with one attached hydrogen (secondary N) is 1. The van der Waals surface area contributed by atoms with Crippen molar-refractivity contribution in [3.05, 3.63) is 40.9 Å². The van der Waals surface area contributed by atoms with Crippen molar-refractivity contribution in [1.29, 1.82) is 0 Å². The van der Waals surface area contributed by atoms with E-state index in [4.69, 9.17) is 0 Å². The third-order valence-corrected chi connectivity index (χ3v) is 4.70. The van der Waals surface area contributed by atoms with E-state index >= 15 is 0 Å². The molecule has 0 aliphatic heterocycles. The van der Waals surface area contributed by atoms with Crippen LogP contribution in [-0.2, 0) is 0 Å². The Morgan fingerprint density at radius 1 is 1.15 bits per heavy atom. The van der Waals surface area contributed by atoms with Crippen LogP contribution in [0.25, 0.3) is 10.6 Å². The van der Waals surface area contributed by atoms with E-state index < -0.39 is 0 Å². The van der Waals surface area contributed by atoms with E-state index in [1.165, 1.54) is 16.0 Å². The fourth-order valence-corrected chi connectivity index (χ4v) is 3.04. The third kappa shape index (κ3) is 3.68. The molecule has 0 saturated heterocycles. The standard InChI is InChI=1S/C17H24N2S/c1-5-10-18-13(4)16-11-19-17(20-16)15-8-6-14(7-9-15)12(2)3/h6-9,11-13,18H,5,10H2,1-4H3. The number of hydrogen-bond donors (Lipinski definition) is 1. The Bertz CT molecular complexity index is 528. The van der Waals surface area contributed by atoms with Crippen LogP contribution in [0.2, 0.25) is 0 Å². The summed E-state index contributed by atoms with van der Waals surface area (Å²) < 4.78 is 0. The molecule has 2 nitrogen and oxygen atoms in total. The lowest BCUT2D eigenvalue weighted by atomic mass is 10.0. The molecule has 0 saturated carbocycles. The Morgan fingerprint density at radius 3 is 2.45 bits per heavy atom. The topological polar surface area (TPSA) is 24.9 Å². The van der Waals surface area contributed by atoms with E-state index in [0.717, 1.165) is 18.0 Å². The van der Waals surface area contributed by atoms with Crippen molar-refractivity contribution in [1.82, 2.24) is 10.3 Å². The number of hydrogen-bond acceptors (Lipinski definition) is 3. The molecule has 1 atom stereocenters. The third-order valence-electron chi connectivity index (χ3n) is 3.48. The summed E-state index contributed by atoms with van der Waals surface area (Å²) in [5.41, 5.74) is 2.59. The Kier molecular flexibility index (Phi) is 5.32. The van der Waals surface area contributed by atoms with Gasteiger partial charge in [0.2, 0.25) is 0 Å². The number of nitrogens with zero attached hydrogens (tertiary/aromatic N) is 1. The average molecular weight is 288 g/mol. The van der Waals surface area contributed by atoms with Gasteiger partial charge in [-0.05, 0) is 31.4 Å². The van der Waals surface area contributed by atoms with Crippen LogP contribution < -0.4 is 5.32 Å². The van der Waals surface area contributed by atoms with Gasteiger partial charge in [0.05, 0.1) is 0 Å². The molecule has 0 fully saturated rings. The molecule has 1 aromatic carbocycles. The molecule has 0 amide bonds. The highest BCUT2D eigenvalue weighted by molar-refractivity contribution is 7.15. The molecule has 1 heterocycles. The van der Waals surface area contributed by atoms with Gasteiger partial charge in [0.25, 0.3) is 0 Å². The molecule has 3 heteroatoms. The van der Waals surface area contributed by atoms with E-state index in [1.54, 1.807) is 11.3 Å². The van der Waals surface area contributed by atoms with Crippen molar-refractivity contribution in [3.8, 4) is 10.6 Å². The van der Waals surface area contributed by atoms with Crippen molar-refractivity contribution >= 4 is 11.3 Å². The molecule has 2 rings (SSSR count). The predicted octanol–water partition coefficient (Wildman–Crippen LogP) is 4.99. The second-order valence-electron chi connectivity index (χ2n) is 5.52. The highest BCUT2D eigenvalue weighted by Gasteiger charge is 2.10. The SMILES string of the molecule is CCCNC(C)c1cnc(-c2ccc(C(C)C)cc2)s1. The normalized spacial score (nSPS) is 12.8. The summed E-state index contributed by atoms with van der Waals surface area (Å²) in [6.45, 7) is 9.88. The minimum Gasteiger partial charge on any atom is -0.309 e. The number of thiazole rings is 1. The summed E-state index contributed by atoms with van der Waals surface area (Å²) in [5.74, 6) is 0.578. The molecule has 0 radical (unpaired) electrons. The van der Waals surface area contributed by atoms with Crippen molar-refractivity contribution in [2.75, 3.05) is 6.54 Å². The van der Waals surface area contributed by atoms with E-state index in [2.05, 4.69) is 62.3 Å². The van der Waals surface area contributed by atoms with Crippen LogP contribution in [0.15, 0.2) is 30.5 Å². The summed E-state index contributed by atoms with van der Waals surface area (Å²) in [5, 5.41) is 4.62. The zero-order valence-electron chi connectivity index (χ0n) is 12.8. The van der Waals surface area contributed by atoms with Gasteiger partial charge in [0, 0.05) is 22.7 Å². The minimum absolute atomic E-state index is 0.385. The minimum atomic E-state index is 0.385. The highest BCUT2D eigenvalue weighted by atomic mass is 32.1. The molecule has 2 aromatic rings. The van der Waals surface area contributed by atoms with Crippen LogP contribution in [0.4, 0.5) is 0 Å². The summed E-state index contributed by atoms with van der Waals surface area (Å²) in [6, 6.07) is 9.17. The zero-order valence-corrected chi connectivity index (χ0v) is 13.6. The van der Waals surface area contributed by atoms with Gasteiger partial charge in [-0.15, -0.1) is 11.3 Å². The van der Waals surface area contributed by atoms with Crippen LogP contribution in [0, 0.1) is 0 Å². The number of rotatable bonds is 6. The lowest BCUT2D eigenvalue weighted by molar-refractivity contribution is 0.577. The first-order valence-electron chi connectivity index (χ1n) is 7.41. The molecule has 108 valence electrons. The van der Waals surface area contributed by atoms with Gasteiger partial charge in [0.1, 0.15) is 5.01 Å². The Hall–Kier alpha value is -1.19. The molecular weight excluding hydrogens is 264 g/mol. The van der Waals surface area contributed by atoms with Crippen molar-refractivity contribution in [2.24, 2.45) is 0 Å². The van der Waals surface area contributed by atoms with Gasteiger partial charge in [0.15, 0.2) is 0 Å². The van der Waals surface area contributed by atoms with E-state index in [-0.39, 0.29) is 0 Å². The molecule has 0 aliphatic carbocycles. The van der Waals surface area contributed by atoms with Crippen molar-refractivity contribution < 1.29 is 0 Å². The fourth-order valence-electron chi connectivity index (χ4n) is 2.09. The molecule has 1 aromatic heterocycles. The lowest BCUT2D eigenvalue weighted by Crippen LogP contribution is -2.18. The van der Waals surface area contributed by atoms with Gasteiger partial charge in [-0.25, -0.2) is 4.98 Å². The maximum Gasteiger partial charge on any atom is 0.123 e. The van der Waals surface area contributed by atoms with Gasteiger partial charge in [-0.1, -0.05) is 45.0 Å². The first kappa shape index (κ1) is 15.2. The fraction of sp³-hybridized carbons (Fsp3) is 0.471. The number of benzene rings is 1. The molecule has 1 N–H and O–H groups in total. The van der Waals surface area contributed by atoms with Crippen LogP contribution in [0.3, 0.4) is 0 Å². The monoisotopic (exact) mass is 288 g/mol. The summed E-state index contributed by atoms with van der Waals surface area (Å²) in [4.78, 5) is 5.88. The average Bonchev–Trinajstić information content (AvgIpc) is 2.94. The van der Waals surface area contributed by atoms with Crippen molar-refractivity contribution in [2.45, 2.75) is 46.1 Å². The van der Waals surface area contributed by atoms with Gasteiger partial charge in [-0.2, -0.15) is 0 Å². The van der Waals surface area contributed by atoms with Gasteiger partial charge >= 0.3 is 0 Å². The first-order chi connectivity index (χ1) is 9.61. The maximum absolute atomic E-state index is 4.57. The Morgan fingerprint density at radius 2 is 1.85 bits per heavy atom. The van der Waals surface area contributed by atoms with Crippen LogP contribution >= 0.6 is 11.3 Å². The predicted molar refractivity (Wildman–Crippen MR) is 88.3 cm³/mol. The van der Waals surface area contributed by atoms with E-state index in [9.17, 15) is 0 Å². The summed E-state index contributed by atoms with van der Waals surface area (Å²) >= 11 is 1.79. The Labute approximate surface area is 126 Å². The van der Waals surface area contributed by atoms with Gasteiger partial charge in [-0.3, -0.25) is 0 Å². The number of aromatic nitrogens is 1. The second-order valence-corrected chi connectivity index (χ2v) is 6.58. The molecular formula is C17H24N2S. The summed E-state index contributed by atoms with van der Waals surface area (Å²) in [6.07, 6.45) is 3.16. The molecule has 0 aliphatic rings. The van der Waals surface area contributed by atoms with Crippen LogP contribution in [0.5, 0.6) is 0 Å². The van der Waals surface area contributed by atoms with Gasteiger partial charge < -0.3 is 5.32 Å². The van der Waals surface area contributed by atoms with E-state index in [0.29, 0.717) is 12.0 Å². The van der Waals surface area contributed by atoms with Crippen molar-refractivity contribution in [3.63, 3.8) is 0 Å². The van der Waals surface area contributed by atoms with Crippen LogP contribution in [-0.4, -0.2) is 11.5 Å². The maximum atomic E-state index is 4.57. The highest BCUT2D eigenvalue weighted by Crippen LogP contribution is 2.29. The van der Waals surface area contributed by atoms with Crippen LogP contribution in [0.1, 0.15) is 56.5 Å². The van der Waals surface area contributed by atoms with E-state index in [1.807, 2.05) is 6.20 Å². The largest absolute Gasteiger partial charge is 0.309 e. The zero-order chi connectivity index (χ0) is 14.5. The molecule has 0 bridgehead atoms. The first-order valence-corrected chi connectivity index (χ1v) is 8.23. The molecule has 20 heavy (non-hydrogen) atoms. The quantitative estimate of drug-likeness (QED) is 0.809. The Balaban J connectivity index is 2.11. The smallest absolute Gasteiger partial charge is 0.123 e. The molecule has 1 unspecified atom stereocenters. The second kappa shape index (κ2) is 7.00.